The normalized spacial score (nSPS) is 13.5. The fourth-order valence-electron chi connectivity index (χ4n) is 4.37. The van der Waals surface area contributed by atoms with E-state index in [1.165, 1.54) is 0 Å². The van der Waals surface area contributed by atoms with Gasteiger partial charge >= 0.3 is 5.97 Å². The van der Waals surface area contributed by atoms with Crippen molar-refractivity contribution in [2.24, 2.45) is 27.9 Å². The Morgan fingerprint density at radius 1 is 0.698 bits per heavy atom. The van der Waals surface area contributed by atoms with Crippen LogP contribution in [0.15, 0.2) is 65.7 Å². The highest BCUT2D eigenvalue weighted by molar-refractivity contribution is 5.94. The molecule has 0 heterocycles. The molecule has 0 saturated heterocycles. The van der Waals surface area contributed by atoms with Crippen LogP contribution in [0.3, 0.4) is 0 Å². The van der Waals surface area contributed by atoms with Gasteiger partial charge in [0.25, 0.3) is 0 Å². The number of benzene rings is 2. The molecule has 0 fully saturated rings. The highest BCUT2D eigenvalue weighted by Gasteiger charge is 2.30. The molecule has 0 aliphatic rings. The Labute approximate surface area is 251 Å². The number of nitrogens with zero attached hydrogens (tertiary/aromatic N) is 1. The second kappa shape index (κ2) is 18.8. The summed E-state index contributed by atoms with van der Waals surface area (Å²) in [5, 5.41) is 17.7. The number of aliphatic carboxylic acids is 1. The minimum Gasteiger partial charge on any atom is -0.480 e. The van der Waals surface area contributed by atoms with E-state index in [9.17, 15) is 24.3 Å². The number of hydrogen-bond donors (Lipinski definition) is 8. The van der Waals surface area contributed by atoms with Crippen molar-refractivity contribution in [1.29, 1.82) is 0 Å². The third kappa shape index (κ3) is 13.4. The van der Waals surface area contributed by atoms with E-state index in [0.29, 0.717) is 25.8 Å². The maximum atomic E-state index is 13.5. The van der Waals surface area contributed by atoms with Gasteiger partial charge in [0, 0.05) is 13.0 Å². The van der Waals surface area contributed by atoms with Crippen molar-refractivity contribution in [2.45, 2.75) is 69.1 Å². The van der Waals surface area contributed by atoms with E-state index in [1.54, 1.807) is 24.3 Å². The molecule has 0 bridgehead atoms. The van der Waals surface area contributed by atoms with Gasteiger partial charge < -0.3 is 44.0 Å². The van der Waals surface area contributed by atoms with Crippen LogP contribution in [-0.2, 0) is 32.0 Å². The van der Waals surface area contributed by atoms with Gasteiger partial charge in [-0.1, -0.05) is 60.7 Å². The number of nitrogens with one attached hydrogen (secondary N) is 3. The van der Waals surface area contributed by atoms with Crippen molar-refractivity contribution in [3.8, 4) is 0 Å². The smallest absolute Gasteiger partial charge is 0.326 e. The molecule has 2 aromatic carbocycles. The zero-order chi connectivity index (χ0) is 31.6. The highest BCUT2D eigenvalue weighted by atomic mass is 16.4. The number of amides is 3. The Morgan fingerprint density at radius 3 is 1.77 bits per heavy atom. The first-order valence-corrected chi connectivity index (χ1v) is 14.3. The second-order valence-corrected chi connectivity index (χ2v) is 10.2. The van der Waals surface area contributed by atoms with Crippen LogP contribution in [-0.4, -0.2) is 72.0 Å². The molecule has 0 saturated carbocycles. The molecule has 12 N–H and O–H groups in total. The Morgan fingerprint density at radius 2 is 1.21 bits per heavy atom. The maximum Gasteiger partial charge on any atom is 0.326 e. The highest BCUT2D eigenvalue weighted by Crippen LogP contribution is 2.09. The summed E-state index contributed by atoms with van der Waals surface area (Å²) in [6.07, 6.45) is 2.21. The monoisotopic (exact) mass is 596 g/mol. The first kappa shape index (κ1) is 34.7. The molecule has 0 aromatic heterocycles. The zero-order valence-corrected chi connectivity index (χ0v) is 24.3. The van der Waals surface area contributed by atoms with Crippen LogP contribution in [0.2, 0.25) is 0 Å². The molecule has 13 nitrogen and oxygen atoms in total. The van der Waals surface area contributed by atoms with Gasteiger partial charge in [0.15, 0.2) is 5.96 Å². The maximum absolute atomic E-state index is 13.5. The van der Waals surface area contributed by atoms with Crippen LogP contribution < -0.4 is 38.9 Å². The van der Waals surface area contributed by atoms with E-state index >= 15 is 0 Å². The van der Waals surface area contributed by atoms with E-state index in [1.807, 2.05) is 36.4 Å². The number of carboxylic acid groups (broad SMARTS) is 1. The number of nitrogens with two attached hydrogens (primary N) is 4. The molecule has 0 spiro atoms. The lowest BCUT2D eigenvalue weighted by molar-refractivity contribution is -0.142. The summed E-state index contributed by atoms with van der Waals surface area (Å²) in [5.74, 6) is -3.13. The minimum atomic E-state index is -1.23. The number of rotatable bonds is 19. The Balaban J connectivity index is 2.18. The molecule has 2 aromatic rings. The standard InChI is InChI=1S/C30H44N8O5/c31-16-8-7-14-23(36-26(39)22(32)18-20-10-3-1-4-11-20)27(40)38-25(19-21-12-5-2-6-13-21)28(41)37-24(29(42)43)15-9-17-35-30(33)34/h1-6,10-13,22-25H,7-9,14-19,31-32H2,(H,36,39)(H,37,41)(H,38,40)(H,42,43)(H4,33,34,35). The summed E-state index contributed by atoms with van der Waals surface area (Å²) >= 11 is 0. The van der Waals surface area contributed by atoms with Crippen molar-refractivity contribution in [1.82, 2.24) is 16.0 Å². The van der Waals surface area contributed by atoms with Gasteiger partial charge in [-0.3, -0.25) is 19.4 Å². The van der Waals surface area contributed by atoms with E-state index < -0.39 is 47.9 Å². The SMILES string of the molecule is NCCCCC(NC(=O)C(N)Cc1ccccc1)C(=O)NC(Cc1ccccc1)C(=O)NC(CCCN=C(N)N)C(=O)O. The fraction of sp³-hybridized carbons (Fsp3) is 0.433. The molecule has 13 heteroatoms. The first-order valence-electron chi connectivity index (χ1n) is 14.3. The van der Waals surface area contributed by atoms with Crippen molar-refractivity contribution in [3.05, 3.63) is 71.8 Å². The number of carboxylic acids is 1. The topological polar surface area (TPSA) is 241 Å². The van der Waals surface area contributed by atoms with Gasteiger partial charge in [0.05, 0.1) is 6.04 Å². The Bertz CT molecular complexity index is 1190. The summed E-state index contributed by atoms with van der Waals surface area (Å²) in [6.45, 7) is 0.608. The molecular weight excluding hydrogens is 552 g/mol. The summed E-state index contributed by atoms with van der Waals surface area (Å²) in [6, 6.07) is 14.0. The van der Waals surface area contributed by atoms with Crippen LogP contribution in [0.1, 0.15) is 43.2 Å². The molecule has 3 amide bonds. The lowest BCUT2D eigenvalue weighted by Crippen LogP contribution is -2.57. The van der Waals surface area contributed by atoms with Crippen LogP contribution in [0.25, 0.3) is 0 Å². The average molecular weight is 597 g/mol. The summed E-state index contributed by atoms with van der Waals surface area (Å²) < 4.78 is 0. The number of unbranched alkanes of at least 4 members (excludes halogenated alkanes) is 1. The molecule has 4 unspecified atom stereocenters. The molecule has 4 atom stereocenters. The molecule has 234 valence electrons. The molecule has 43 heavy (non-hydrogen) atoms. The number of carbonyl (C=O) groups is 4. The van der Waals surface area contributed by atoms with Crippen LogP contribution in [0.5, 0.6) is 0 Å². The molecule has 0 radical (unpaired) electrons. The first-order chi connectivity index (χ1) is 20.6. The van der Waals surface area contributed by atoms with Crippen molar-refractivity contribution in [2.75, 3.05) is 13.1 Å². The average Bonchev–Trinajstić information content (AvgIpc) is 2.98. The predicted octanol–water partition coefficient (Wildman–Crippen LogP) is -0.479. The van der Waals surface area contributed by atoms with Crippen LogP contribution in [0.4, 0.5) is 0 Å². The lowest BCUT2D eigenvalue weighted by Gasteiger charge is -2.25. The quantitative estimate of drug-likeness (QED) is 0.0592. The number of carbonyl (C=O) groups excluding carboxylic acids is 3. The van der Waals surface area contributed by atoms with Gasteiger partial charge in [0.1, 0.15) is 18.1 Å². The third-order valence-electron chi connectivity index (χ3n) is 6.69. The van der Waals surface area contributed by atoms with E-state index in [2.05, 4.69) is 20.9 Å². The van der Waals surface area contributed by atoms with Crippen molar-refractivity contribution >= 4 is 29.7 Å². The van der Waals surface area contributed by atoms with Crippen molar-refractivity contribution < 1.29 is 24.3 Å². The predicted molar refractivity (Wildman–Crippen MR) is 165 cm³/mol. The van der Waals surface area contributed by atoms with Gasteiger partial charge in [-0.25, -0.2) is 4.79 Å². The zero-order valence-electron chi connectivity index (χ0n) is 24.3. The van der Waals surface area contributed by atoms with Crippen LogP contribution in [0, 0.1) is 0 Å². The summed E-state index contributed by atoms with van der Waals surface area (Å²) in [4.78, 5) is 55.6. The lowest BCUT2D eigenvalue weighted by atomic mass is 10.0. The van der Waals surface area contributed by atoms with Gasteiger partial charge in [-0.05, 0) is 56.2 Å². The molecule has 0 aliphatic carbocycles. The van der Waals surface area contributed by atoms with Crippen LogP contribution >= 0.6 is 0 Å². The number of guanidine groups is 1. The Hall–Kier alpha value is -4.49. The van der Waals surface area contributed by atoms with Gasteiger partial charge in [-0.2, -0.15) is 0 Å². The number of hydrogen-bond acceptors (Lipinski definition) is 7. The number of aliphatic imine (C=N–C) groups is 1. The largest absolute Gasteiger partial charge is 0.480 e. The molecule has 0 aliphatic heterocycles. The van der Waals surface area contributed by atoms with Crippen molar-refractivity contribution in [3.63, 3.8) is 0 Å². The summed E-state index contributed by atoms with van der Waals surface area (Å²) in [7, 11) is 0. The summed E-state index contributed by atoms with van der Waals surface area (Å²) in [5.41, 5.74) is 24.0. The van der Waals surface area contributed by atoms with Gasteiger partial charge in [-0.15, -0.1) is 0 Å². The van der Waals surface area contributed by atoms with E-state index in [-0.39, 0.29) is 38.2 Å². The second-order valence-electron chi connectivity index (χ2n) is 10.2. The van der Waals surface area contributed by atoms with Gasteiger partial charge in [0.2, 0.25) is 17.7 Å². The third-order valence-corrected chi connectivity index (χ3v) is 6.69. The Kier molecular flexibility index (Phi) is 15.2. The molecule has 2 rings (SSSR count). The van der Waals surface area contributed by atoms with E-state index in [4.69, 9.17) is 22.9 Å². The fourth-order valence-corrected chi connectivity index (χ4v) is 4.37. The molecular formula is C30H44N8O5. The minimum absolute atomic E-state index is 0.0704. The van der Waals surface area contributed by atoms with E-state index in [0.717, 1.165) is 11.1 Å².